The molecule has 2 heterocycles. The molecular formula is C40H36N6O2. The van der Waals surface area contributed by atoms with Crippen molar-refractivity contribution in [2.75, 3.05) is 36.8 Å². The van der Waals surface area contributed by atoms with Crippen molar-refractivity contribution in [3.63, 3.8) is 0 Å². The molecule has 5 aromatic carbocycles. The predicted molar refractivity (Wildman–Crippen MR) is 191 cm³/mol. The summed E-state index contributed by atoms with van der Waals surface area (Å²) in [5.41, 5.74) is 7.29. The predicted octanol–water partition coefficient (Wildman–Crippen LogP) is 7.56. The normalized spacial score (nSPS) is 13.3. The number of para-hydroxylation sites is 1. The van der Waals surface area contributed by atoms with Gasteiger partial charge in [0.25, 0.3) is 11.8 Å². The Kier molecular flexibility index (Phi) is 8.89. The van der Waals surface area contributed by atoms with Gasteiger partial charge in [0.2, 0.25) is 5.95 Å². The summed E-state index contributed by atoms with van der Waals surface area (Å²) >= 11 is 0. The number of fused-ring (bicyclic) bond motifs is 1. The maximum Gasteiger partial charge on any atom is 0.255 e. The van der Waals surface area contributed by atoms with E-state index in [1.54, 1.807) is 18.2 Å². The number of hydrogen-bond acceptors (Lipinski definition) is 6. The fourth-order valence-electron chi connectivity index (χ4n) is 6.00. The van der Waals surface area contributed by atoms with Gasteiger partial charge in [-0.1, -0.05) is 84.9 Å². The molecule has 2 N–H and O–H groups in total. The SMILES string of the molecule is Cc1ccc(C(=O)N2CCN(Cc3ccccc3)CC2)cc1NC(=O)c1ccc(Nc2nc(-c3ccccc3)c3ccccc3n2)cc1. The smallest absolute Gasteiger partial charge is 0.255 e. The molecule has 0 saturated carbocycles. The number of rotatable bonds is 8. The molecule has 48 heavy (non-hydrogen) atoms. The molecule has 8 nitrogen and oxygen atoms in total. The van der Waals surface area contributed by atoms with Gasteiger partial charge >= 0.3 is 0 Å². The van der Waals surface area contributed by atoms with E-state index in [0.29, 0.717) is 35.9 Å². The van der Waals surface area contributed by atoms with E-state index < -0.39 is 0 Å². The third-order valence-corrected chi connectivity index (χ3v) is 8.69. The van der Waals surface area contributed by atoms with Gasteiger partial charge in [0, 0.05) is 66.2 Å². The van der Waals surface area contributed by atoms with Gasteiger partial charge in [-0.3, -0.25) is 14.5 Å². The summed E-state index contributed by atoms with van der Waals surface area (Å²) in [6, 6.07) is 41.1. The van der Waals surface area contributed by atoms with Crippen LogP contribution in [0.15, 0.2) is 127 Å². The Bertz CT molecular complexity index is 2060. The molecule has 8 heteroatoms. The lowest BCUT2D eigenvalue weighted by molar-refractivity contribution is 0.0628. The van der Waals surface area contributed by atoms with E-state index in [2.05, 4.69) is 39.8 Å². The van der Waals surface area contributed by atoms with Crippen LogP contribution >= 0.6 is 0 Å². The van der Waals surface area contributed by atoms with Crippen LogP contribution in [0.1, 0.15) is 31.8 Å². The number of benzene rings is 5. The van der Waals surface area contributed by atoms with Gasteiger partial charge in [0.15, 0.2) is 0 Å². The highest BCUT2D eigenvalue weighted by Gasteiger charge is 2.23. The van der Waals surface area contributed by atoms with E-state index >= 15 is 0 Å². The summed E-state index contributed by atoms with van der Waals surface area (Å²) in [7, 11) is 0. The molecule has 238 valence electrons. The number of amides is 2. The third-order valence-electron chi connectivity index (χ3n) is 8.69. The topological polar surface area (TPSA) is 90.5 Å². The van der Waals surface area contributed by atoms with E-state index in [4.69, 9.17) is 9.97 Å². The quantitative estimate of drug-likeness (QED) is 0.180. The number of aromatic nitrogens is 2. The molecule has 1 aliphatic rings. The van der Waals surface area contributed by atoms with E-state index in [1.165, 1.54) is 5.56 Å². The largest absolute Gasteiger partial charge is 0.336 e. The molecule has 0 aliphatic carbocycles. The second kappa shape index (κ2) is 13.9. The van der Waals surface area contributed by atoms with Crippen LogP contribution in [0.2, 0.25) is 0 Å². The van der Waals surface area contributed by atoms with E-state index in [1.807, 2.05) is 96.8 Å². The molecule has 0 spiro atoms. The summed E-state index contributed by atoms with van der Waals surface area (Å²) in [6.07, 6.45) is 0. The van der Waals surface area contributed by atoms with Crippen LogP contribution < -0.4 is 10.6 Å². The fourth-order valence-corrected chi connectivity index (χ4v) is 6.00. The fraction of sp³-hybridized carbons (Fsp3) is 0.150. The van der Waals surface area contributed by atoms with Crippen LogP contribution in [-0.2, 0) is 6.54 Å². The number of aryl methyl sites for hydroxylation is 1. The minimum absolute atomic E-state index is 0.0216. The van der Waals surface area contributed by atoms with Crippen molar-refractivity contribution < 1.29 is 9.59 Å². The highest BCUT2D eigenvalue weighted by Crippen LogP contribution is 2.28. The number of anilines is 3. The molecule has 1 fully saturated rings. The molecule has 0 radical (unpaired) electrons. The van der Waals surface area contributed by atoms with Gasteiger partial charge in [-0.2, -0.15) is 0 Å². The van der Waals surface area contributed by atoms with Crippen molar-refractivity contribution in [3.8, 4) is 11.3 Å². The maximum atomic E-state index is 13.4. The lowest BCUT2D eigenvalue weighted by Crippen LogP contribution is -2.48. The van der Waals surface area contributed by atoms with Gasteiger partial charge in [0.05, 0.1) is 11.2 Å². The number of hydrogen-bond donors (Lipinski definition) is 2. The molecule has 7 rings (SSSR count). The zero-order valence-corrected chi connectivity index (χ0v) is 26.8. The van der Waals surface area contributed by atoms with Crippen LogP contribution in [0.25, 0.3) is 22.2 Å². The van der Waals surface area contributed by atoms with Crippen LogP contribution in [0, 0.1) is 6.92 Å². The van der Waals surface area contributed by atoms with Crippen molar-refractivity contribution >= 4 is 40.0 Å². The van der Waals surface area contributed by atoms with E-state index in [9.17, 15) is 9.59 Å². The van der Waals surface area contributed by atoms with Gasteiger partial charge in [0.1, 0.15) is 0 Å². The third kappa shape index (κ3) is 6.94. The van der Waals surface area contributed by atoms with E-state index in [0.717, 1.165) is 53.0 Å². The highest BCUT2D eigenvalue weighted by atomic mass is 16.2. The second-order valence-electron chi connectivity index (χ2n) is 12.0. The number of nitrogens with one attached hydrogen (secondary N) is 2. The van der Waals surface area contributed by atoms with Gasteiger partial charge in [-0.25, -0.2) is 9.97 Å². The molecule has 2 amide bonds. The van der Waals surface area contributed by atoms with Crippen LogP contribution in [0.5, 0.6) is 0 Å². The van der Waals surface area contributed by atoms with Crippen LogP contribution in [0.3, 0.4) is 0 Å². The van der Waals surface area contributed by atoms with Crippen molar-refractivity contribution in [3.05, 3.63) is 150 Å². The Hall–Kier alpha value is -5.86. The summed E-state index contributed by atoms with van der Waals surface area (Å²) in [5, 5.41) is 7.28. The zero-order valence-electron chi connectivity index (χ0n) is 26.8. The lowest BCUT2D eigenvalue weighted by Gasteiger charge is -2.35. The summed E-state index contributed by atoms with van der Waals surface area (Å²) in [4.78, 5) is 40.5. The first kappa shape index (κ1) is 30.8. The molecular weight excluding hydrogens is 596 g/mol. The maximum absolute atomic E-state index is 13.4. The van der Waals surface area contributed by atoms with Crippen LogP contribution in [-0.4, -0.2) is 57.8 Å². The zero-order chi connectivity index (χ0) is 32.9. The van der Waals surface area contributed by atoms with Gasteiger partial charge in [-0.15, -0.1) is 0 Å². The Morgan fingerprint density at radius 1 is 0.708 bits per heavy atom. The molecule has 1 aromatic heterocycles. The molecule has 1 saturated heterocycles. The summed E-state index contributed by atoms with van der Waals surface area (Å²) in [5.74, 6) is 0.197. The van der Waals surface area contributed by atoms with Crippen LogP contribution in [0.4, 0.5) is 17.3 Å². The number of carbonyl (C=O) groups is 2. The highest BCUT2D eigenvalue weighted by molar-refractivity contribution is 6.06. The number of carbonyl (C=O) groups excluding carboxylic acids is 2. The average Bonchev–Trinajstić information content (AvgIpc) is 3.13. The molecule has 6 aromatic rings. The molecule has 1 aliphatic heterocycles. The lowest BCUT2D eigenvalue weighted by atomic mass is 10.1. The van der Waals surface area contributed by atoms with Crippen molar-refractivity contribution in [1.82, 2.24) is 19.8 Å². The van der Waals surface area contributed by atoms with E-state index in [-0.39, 0.29) is 11.8 Å². The molecule has 0 unspecified atom stereocenters. The van der Waals surface area contributed by atoms with Crippen molar-refractivity contribution in [2.45, 2.75) is 13.5 Å². The standard InChI is InChI=1S/C40H36N6O2/c1-28-16-17-32(39(48)46-24-22-45(23-25-46)27-29-10-4-2-5-11-29)26-36(28)42-38(47)31-18-20-33(21-19-31)41-40-43-35-15-9-8-14-34(35)37(44-40)30-12-6-3-7-13-30/h2-21,26H,22-25,27H2,1H3,(H,42,47)(H,41,43,44). The Balaban J connectivity index is 1.00. The summed E-state index contributed by atoms with van der Waals surface area (Å²) < 4.78 is 0. The average molecular weight is 633 g/mol. The monoisotopic (exact) mass is 632 g/mol. The Morgan fingerprint density at radius 3 is 2.12 bits per heavy atom. The number of piperazine rings is 1. The molecule has 0 bridgehead atoms. The first-order valence-electron chi connectivity index (χ1n) is 16.2. The number of nitrogens with zero attached hydrogens (tertiary/aromatic N) is 4. The Morgan fingerprint density at radius 2 is 1.38 bits per heavy atom. The summed E-state index contributed by atoms with van der Waals surface area (Å²) in [6.45, 7) is 5.78. The minimum atomic E-state index is -0.253. The van der Waals surface area contributed by atoms with Crippen molar-refractivity contribution in [1.29, 1.82) is 0 Å². The minimum Gasteiger partial charge on any atom is -0.336 e. The van der Waals surface area contributed by atoms with Gasteiger partial charge in [-0.05, 0) is 60.5 Å². The first-order chi connectivity index (χ1) is 23.5. The Labute approximate surface area is 280 Å². The van der Waals surface area contributed by atoms with Gasteiger partial charge < -0.3 is 15.5 Å². The second-order valence-corrected chi connectivity index (χ2v) is 12.0. The molecule has 0 atom stereocenters. The first-order valence-corrected chi connectivity index (χ1v) is 16.2. The van der Waals surface area contributed by atoms with Crippen molar-refractivity contribution in [2.24, 2.45) is 0 Å².